The molecule has 0 bridgehead atoms. The molecule has 7 heteroatoms. The van der Waals surface area contributed by atoms with E-state index in [0.29, 0.717) is 18.4 Å². The van der Waals surface area contributed by atoms with Crippen LogP contribution in [0.5, 0.6) is 0 Å². The summed E-state index contributed by atoms with van der Waals surface area (Å²) in [6.07, 6.45) is 1.01. The van der Waals surface area contributed by atoms with Gasteiger partial charge in [0.05, 0.1) is 11.0 Å². The number of carboxylic acids is 1. The maximum absolute atomic E-state index is 12.3. The molecule has 0 radical (unpaired) electrons. The van der Waals surface area contributed by atoms with Crippen LogP contribution in [-0.4, -0.2) is 32.2 Å². The third-order valence-corrected chi connectivity index (χ3v) is 4.17. The first-order chi connectivity index (χ1) is 11.6. The Morgan fingerprint density at radius 1 is 1.20 bits per heavy atom. The number of amides is 1. The average molecular weight is 347 g/mol. The Balaban J connectivity index is 2.15. The quantitative estimate of drug-likeness (QED) is 0.832. The highest BCUT2D eigenvalue weighted by Gasteiger charge is 2.23. The van der Waals surface area contributed by atoms with Crippen molar-refractivity contribution in [3.63, 3.8) is 0 Å². The Hall–Kier alpha value is -2.57. The number of carboxylic acid groups (broad SMARTS) is 1. The van der Waals surface area contributed by atoms with Crippen LogP contribution in [0, 0.1) is 5.41 Å². The minimum atomic E-state index is -1.07. The summed E-state index contributed by atoms with van der Waals surface area (Å²) >= 11 is 0. The number of fused-ring (bicyclic) bond motifs is 1. The molecule has 0 aliphatic heterocycles. The molecule has 136 valence electrons. The lowest BCUT2D eigenvalue weighted by Gasteiger charge is -2.21. The van der Waals surface area contributed by atoms with Crippen LogP contribution < -0.4 is 11.0 Å². The molecule has 0 aliphatic rings. The number of aryl methyl sites for hydroxylation is 1. The number of para-hydroxylation sites is 2. The van der Waals surface area contributed by atoms with Crippen molar-refractivity contribution in [3.05, 3.63) is 34.7 Å². The lowest BCUT2D eigenvalue weighted by molar-refractivity contribution is -0.142. The molecule has 0 spiro atoms. The van der Waals surface area contributed by atoms with Crippen LogP contribution >= 0.6 is 0 Å². The SMILES string of the molecule is Cn1c(=O)n(CC(=O)NC(CCC(C)(C)C)C(=O)O)c2ccccc21. The smallest absolute Gasteiger partial charge is 0.329 e. The topological polar surface area (TPSA) is 93.3 Å². The van der Waals surface area contributed by atoms with E-state index < -0.39 is 17.9 Å². The normalized spacial score (nSPS) is 13.0. The van der Waals surface area contributed by atoms with Crippen molar-refractivity contribution in [2.45, 2.75) is 46.2 Å². The summed E-state index contributed by atoms with van der Waals surface area (Å²) in [7, 11) is 1.64. The second kappa shape index (κ2) is 7.13. The van der Waals surface area contributed by atoms with Gasteiger partial charge in [-0.05, 0) is 30.4 Å². The zero-order chi connectivity index (χ0) is 18.8. The van der Waals surface area contributed by atoms with Gasteiger partial charge in [-0.2, -0.15) is 0 Å². The molecular formula is C18H25N3O4. The number of nitrogens with one attached hydrogen (secondary N) is 1. The fourth-order valence-electron chi connectivity index (χ4n) is 2.73. The summed E-state index contributed by atoms with van der Waals surface area (Å²) < 4.78 is 2.82. The van der Waals surface area contributed by atoms with Gasteiger partial charge < -0.3 is 10.4 Å². The molecule has 0 saturated heterocycles. The number of rotatable bonds is 6. The maximum atomic E-state index is 12.3. The van der Waals surface area contributed by atoms with Gasteiger partial charge in [0.2, 0.25) is 5.91 Å². The molecule has 1 atom stereocenters. The van der Waals surface area contributed by atoms with Crippen LogP contribution in [0.4, 0.5) is 0 Å². The predicted octanol–water partition coefficient (Wildman–Crippen LogP) is 1.74. The van der Waals surface area contributed by atoms with Crippen molar-refractivity contribution in [1.82, 2.24) is 14.5 Å². The van der Waals surface area contributed by atoms with E-state index in [1.54, 1.807) is 25.2 Å². The van der Waals surface area contributed by atoms with Crippen molar-refractivity contribution in [2.75, 3.05) is 0 Å². The molecule has 7 nitrogen and oxygen atoms in total. The molecule has 0 aliphatic carbocycles. The first kappa shape index (κ1) is 18.8. The Morgan fingerprint density at radius 2 is 1.80 bits per heavy atom. The van der Waals surface area contributed by atoms with Crippen LogP contribution in [0.2, 0.25) is 0 Å². The number of carbonyl (C=O) groups excluding carboxylic acids is 1. The van der Waals surface area contributed by atoms with Crippen molar-refractivity contribution >= 4 is 22.9 Å². The second-order valence-electron chi connectivity index (χ2n) is 7.47. The molecular weight excluding hydrogens is 322 g/mol. The minimum Gasteiger partial charge on any atom is -0.480 e. The third kappa shape index (κ3) is 4.49. The summed E-state index contributed by atoms with van der Waals surface area (Å²) in [5, 5.41) is 11.9. The molecule has 0 saturated carbocycles. The molecule has 1 heterocycles. The summed E-state index contributed by atoms with van der Waals surface area (Å²) in [5.41, 5.74) is 1.04. The van der Waals surface area contributed by atoms with Crippen molar-refractivity contribution in [2.24, 2.45) is 12.5 Å². The highest BCUT2D eigenvalue weighted by atomic mass is 16.4. The van der Waals surface area contributed by atoms with Gasteiger partial charge >= 0.3 is 11.7 Å². The van der Waals surface area contributed by atoms with Gasteiger partial charge in [0.25, 0.3) is 0 Å². The summed E-state index contributed by atoms with van der Waals surface area (Å²) in [5.74, 6) is -1.55. The molecule has 1 amide bonds. The molecule has 1 unspecified atom stereocenters. The molecule has 25 heavy (non-hydrogen) atoms. The first-order valence-corrected chi connectivity index (χ1v) is 8.26. The van der Waals surface area contributed by atoms with Crippen LogP contribution in [0.25, 0.3) is 11.0 Å². The van der Waals surface area contributed by atoms with Crippen LogP contribution in [-0.2, 0) is 23.2 Å². The van der Waals surface area contributed by atoms with Gasteiger partial charge in [-0.3, -0.25) is 13.9 Å². The van der Waals surface area contributed by atoms with E-state index in [2.05, 4.69) is 5.32 Å². The molecule has 2 N–H and O–H groups in total. The second-order valence-corrected chi connectivity index (χ2v) is 7.47. The van der Waals surface area contributed by atoms with Crippen LogP contribution in [0.1, 0.15) is 33.6 Å². The minimum absolute atomic E-state index is 0.0228. The average Bonchev–Trinajstić information content (AvgIpc) is 2.76. The number of hydrogen-bond donors (Lipinski definition) is 2. The van der Waals surface area contributed by atoms with E-state index in [9.17, 15) is 19.5 Å². The van der Waals surface area contributed by atoms with E-state index in [4.69, 9.17) is 0 Å². The summed E-state index contributed by atoms with van der Waals surface area (Å²) in [6, 6.07) is 6.21. The standard InChI is InChI=1S/C18H25N3O4/c1-18(2,3)10-9-12(16(23)24)19-15(22)11-21-14-8-6-5-7-13(14)20(4)17(21)25/h5-8,12H,9-11H2,1-4H3,(H,19,22)(H,23,24). The Kier molecular flexibility index (Phi) is 5.35. The van der Waals surface area contributed by atoms with Crippen LogP contribution in [0.15, 0.2) is 29.1 Å². The lowest BCUT2D eigenvalue weighted by Crippen LogP contribution is -2.43. The van der Waals surface area contributed by atoms with Gasteiger partial charge in [-0.25, -0.2) is 9.59 Å². The maximum Gasteiger partial charge on any atom is 0.329 e. The van der Waals surface area contributed by atoms with Gasteiger partial charge in [0.15, 0.2) is 0 Å². The predicted molar refractivity (Wildman–Crippen MR) is 95.4 cm³/mol. The third-order valence-electron chi connectivity index (χ3n) is 4.17. The largest absolute Gasteiger partial charge is 0.480 e. The van der Waals surface area contributed by atoms with Crippen molar-refractivity contribution < 1.29 is 14.7 Å². The van der Waals surface area contributed by atoms with Crippen LogP contribution in [0.3, 0.4) is 0 Å². The number of hydrogen-bond acceptors (Lipinski definition) is 3. The van der Waals surface area contributed by atoms with Crippen molar-refractivity contribution in [3.8, 4) is 0 Å². The first-order valence-electron chi connectivity index (χ1n) is 8.26. The molecule has 1 aromatic carbocycles. The van der Waals surface area contributed by atoms with E-state index in [-0.39, 0.29) is 17.6 Å². The molecule has 1 aromatic heterocycles. The monoisotopic (exact) mass is 347 g/mol. The van der Waals surface area contributed by atoms with E-state index in [1.807, 2.05) is 26.8 Å². The number of benzene rings is 1. The molecule has 2 rings (SSSR count). The highest BCUT2D eigenvalue weighted by molar-refractivity contribution is 5.85. The van der Waals surface area contributed by atoms with Gasteiger partial charge in [-0.15, -0.1) is 0 Å². The number of carbonyl (C=O) groups is 2. The number of imidazole rings is 1. The number of nitrogens with zero attached hydrogens (tertiary/aromatic N) is 2. The Labute approximate surface area is 146 Å². The zero-order valence-corrected chi connectivity index (χ0v) is 15.1. The van der Waals surface area contributed by atoms with E-state index >= 15 is 0 Å². The summed E-state index contributed by atoms with van der Waals surface area (Å²) in [6.45, 7) is 5.84. The van der Waals surface area contributed by atoms with Gasteiger partial charge in [0.1, 0.15) is 12.6 Å². The van der Waals surface area contributed by atoms with Gasteiger partial charge in [-0.1, -0.05) is 32.9 Å². The highest BCUT2D eigenvalue weighted by Crippen LogP contribution is 2.21. The number of aliphatic carboxylic acids is 1. The van der Waals surface area contributed by atoms with E-state index in [1.165, 1.54) is 9.13 Å². The fraction of sp³-hybridized carbons (Fsp3) is 0.500. The van der Waals surface area contributed by atoms with E-state index in [0.717, 1.165) is 5.52 Å². The molecule has 0 fully saturated rings. The number of aromatic nitrogens is 2. The van der Waals surface area contributed by atoms with Crippen molar-refractivity contribution in [1.29, 1.82) is 0 Å². The lowest BCUT2D eigenvalue weighted by atomic mass is 9.88. The fourth-order valence-corrected chi connectivity index (χ4v) is 2.73. The summed E-state index contributed by atoms with van der Waals surface area (Å²) in [4.78, 5) is 36.0. The van der Waals surface area contributed by atoms with Gasteiger partial charge in [0, 0.05) is 7.05 Å². The Morgan fingerprint density at radius 3 is 2.36 bits per heavy atom. The molecule has 2 aromatic rings. The zero-order valence-electron chi connectivity index (χ0n) is 15.1. The Bertz CT molecular complexity index is 842.